The summed E-state index contributed by atoms with van der Waals surface area (Å²) in [4.78, 5) is 47.3. The van der Waals surface area contributed by atoms with Crippen LogP contribution >= 0.6 is 0 Å². The minimum absolute atomic E-state index is 0.0202. The monoisotopic (exact) mass is 448 g/mol. The van der Waals surface area contributed by atoms with Crippen LogP contribution < -0.4 is 15.4 Å². The number of benzene rings is 2. The lowest BCUT2D eigenvalue weighted by atomic mass is 10.1. The number of esters is 1. The van der Waals surface area contributed by atoms with E-state index in [2.05, 4.69) is 10.6 Å². The second kappa shape index (κ2) is 12.1. The number of Topliss-reactive ketones (excluding diaryl/α,β-unsaturated/α-hetero) is 1. The first kappa shape index (κ1) is 24.4. The van der Waals surface area contributed by atoms with E-state index in [0.717, 1.165) is 18.2 Å². The summed E-state index contributed by atoms with van der Waals surface area (Å²) in [7, 11) is 0. The maximum Gasteiger partial charge on any atom is 0.306 e. The molecular formula is C22H22F2N2O6. The molecule has 0 aromatic heterocycles. The van der Waals surface area contributed by atoms with Crippen molar-refractivity contribution in [3.8, 4) is 5.75 Å². The van der Waals surface area contributed by atoms with Crippen molar-refractivity contribution in [1.29, 1.82) is 0 Å². The molecule has 8 nitrogen and oxygen atoms in total. The predicted octanol–water partition coefficient (Wildman–Crippen LogP) is 2.62. The lowest BCUT2D eigenvalue weighted by Gasteiger charge is -2.08. The van der Waals surface area contributed by atoms with Gasteiger partial charge in [-0.3, -0.25) is 19.2 Å². The number of rotatable bonds is 11. The number of nitrogens with one attached hydrogen (secondary N) is 2. The van der Waals surface area contributed by atoms with Gasteiger partial charge in [0.15, 0.2) is 24.0 Å². The molecule has 0 aliphatic rings. The molecule has 0 heterocycles. The lowest BCUT2D eigenvalue weighted by Crippen LogP contribution is -2.35. The summed E-state index contributed by atoms with van der Waals surface area (Å²) in [6.45, 7) is 1.25. The van der Waals surface area contributed by atoms with Gasteiger partial charge >= 0.3 is 5.97 Å². The predicted molar refractivity (Wildman–Crippen MR) is 110 cm³/mol. The van der Waals surface area contributed by atoms with Gasteiger partial charge in [0.1, 0.15) is 5.75 Å². The molecule has 0 unspecified atom stereocenters. The molecule has 0 bridgehead atoms. The number of hydrogen-bond acceptors (Lipinski definition) is 6. The van der Waals surface area contributed by atoms with E-state index < -0.39 is 42.6 Å². The fourth-order valence-electron chi connectivity index (χ4n) is 2.49. The van der Waals surface area contributed by atoms with Crippen LogP contribution in [0.5, 0.6) is 5.75 Å². The van der Waals surface area contributed by atoms with E-state index in [0.29, 0.717) is 17.9 Å². The Labute approximate surface area is 182 Å². The first-order chi connectivity index (χ1) is 15.3. The fraction of sp³-hybridized carbons (Fsp3) is 0.273. The second-order valence-corrected chi connectivity index (χ2v) is 6.50. The van der Waals surface area contributed by atoms with Crippen molar-refractivity contribution >= 4 is 29.3 Å². The number of hydrogen-bond donors (Lipinski definition) is 2. The Hall–Kier alpha value is -3.82. The minimum atomic E-state index is -1.13. The number of carbonyl (C=O) groups is 4. The summed E-state index contributed by atoms with van der Waals surface area (Å²) in [5.41, 5.74) is 0.442. The molecule has 2 aromatic carbocycles. The molecule has 2 rings (SSSR count). The zero-order chi connectivity index (χ0) is 23.5. The van der Waals surface area contributed by atoms with Gasteiger partial charge in [0.05, 0.1) is 19.6 Å². The molecule has 0 aliphatic heterocycles. The SMILES string of the molecule is CCOc1ccc(C(=O)CCC(=O)OCC(=O)NCC(=O)Nc2ccc(F)c(F)c2)cc1. The minimum Gasteiger partial charge on any atom is -0.494 e. The number of halogens is 2. The van der Waals surface area contributed by atoms with Crippen molar-refractivity contribution in [2.75, 3.05) is 25.1 Å². The molecule has 0 saturated carbocycles. The summed E-state index contributed by atoms with van der Waals surface area (Å²) < 4.78 is 36.0. The van der Waals surface area contributed by atoms with E-state index in [9.17, 15) is 28.0 Å². The van der Waals surface area contributed by atoms with E-state index in [1.54, 1.807) is 24.3 Å². The van der Waals surface area contributed by atoms with Crippen LogP contribution in [0, 0.1) is 11.6 Å². The molecular weight excluding hydrogens is 426 g/mol. The summed E-state index contributed by atoms with van der Waals surface area (Å²) in [5.74, 6) is -3.98. The third kappa shape index (κ3) is 8.13. The Kier molecular flexibility index (Phi) is 9.27. The standard InChI is InChI=1S/C22H22F2N2O6/c1-2-31-16-6-3-14(4-7-16)19(27)9-10-22(30)32-13-21(29)25-12-20(28)26-15-5-8-17(23)18(24)11-15/h3-8,11H,2,9-10,12-13H2,1H3,(H,25,29)(H,26,28). The van der Waals surface area contributed by atoms with Crippen LogP contribution in [0.2, 0.25) is 0 Å². The molecule has 0 radical (unpaired) electrons. The van der Waals surface area contributed by atoms with Crippen LogP contribution in [0.25, 0.3) is 0 Å². The first-order valence-corrected chi connectivity index (χ1v) is 9.71. The molecule has 0 atom stereocenters. The normalized spacial score (nSPS) is 10.2. The molecule has 0 spiro atoms. The van der Waals surface area contributed by atoms with E-state index in [4.69, 9.17) is 9.47 Å². The summed E-state index contributed by atoms with van der Waals surface area (Å²) >= 11 is 0. The maximum atomic E-state index is 13.1. The van der Waals surface area contributed by atoms with Crippen LogP contribution in [-0.2, 0) is 19.1 Å². The fourth-order valence-corrected chi connectivity index (χ4v) is 2.49. The van der Waals surface area contributed by atoms with E-state index in [1.165, 1.54) is 0 Å². The first-order valence-electron chi connectivity index (χ1n) is 9.71. The smallest absolute Gasteiger partial charge is 0.306 e. The number of amides is 2. The Morgan fingerprint density at radius 2 is 1.62 bits per heavy atom. The molecule has 2 N–H and O–H groups in total. The molecule has 10 heteroatoms. The van der Waals surface area contributed by atoms with Gasteiger partial charge in [-0.25, -0.2) is 8.78 Å². The van der Waals surface area contributed by atoms with E-state index >= 15 is 0 Å². The van der Waals surface area contributed by atoms with Gasteiger partial charge in [0, 0.05) is 23.7 Å². The van der Waals surface area contributed by atoms with Gasteiger partial charge in [0.25, 0.3) is 5.91 Å². The largest absolute Gasteiger partial charge is 0.494 e. The summed E-state index contributed by atoms with van der Waals surface area (Å²) in [5, 5.41) is 4.49. The van der Waals surface area contributed by atoms with Gasteiger partial charge in [-0.2, -0.15) is 0 Å². The summed E-state index contributed by atoms with van der Waals surface area (Å²) in [6.07, 6.45) is -0.305. The summed E-state index contributed by atoms with van der Waals surface area (Å²) in [6, 6.07) is 9.31. The third-order valence-electron chi connectivity index (χ3n) is 4.06. The average Bonchev–Trinajstić information content (AvgIpc) is 2.78. The zero-order valence-electron chi connectivity index (χ0n) is 17.3. The molecule has 2 aromatic rings. The number of ketones is 1. The van der Waals surface area contributed by atoms with Crippen molar-refractivity contribution in [2.45, 2.75) is 19.8 Å². The Morgan fingerprint density at radius 1 is 0.906 bits per heavy atom. The topological polar surface area (TPSA) is 111 Å². The van der Waals surface area contributed by atoms with Crippen molar-refractivity contribution in [1.82, 2.24) is 5.32 Å². The molecule has 170 valence electrons. The van der Waals surface area contributed by atoms with Crippen molar-refractivity contribution in [3.05, 3.63) is 59.7 Å². The van der Waals surface area contributed by atoms with Crippen LogP contribution in [0.15, 0.2) is 42.5 Å². The molecule has 0 aliphatic carbocycles. The van der Waals surface area contributed by atoms with Crippen LogP contribution in [0.4, 0.5) is 14.5 Å². The van der Waals surface area contributed by atoms with Gasteiger partial charge in [-0.1, -0.05) is 0 Å². The van der Waals surface area contributed by atoms with E-state index in [1.807, 2.05) is 6.92 Å². The maximum absolute atomic E-state index is 13.1. The highest BCUT2D eigenvalue weighted by Crippen LogP contribution is 2.14. The lowest BCUT2D eigenvalue weighted by molar-refractivity contribution is -0.148. The third-order valence-corrected chi connectivity index (χ3v) is 4.06. The molecule has 32 heavy (non-hydrogen) atoms. The number of carbonyl (C=O) groups excluding carboxylic acids is 4. The van der Waals surface area contributed by atoms with Gasteiger partial charge in [0.2, 0.25) is 5.91 Å². The second-order valence-electron chi connectivity index (χ2n) is 6.50. The number of anilines is 1. The Balaban J connectivity index is 1.65. The van der Waals surface area contributed by atoms with E-state index in [-0.39, 0.29) is 24.3 Å². The van der Waals surface area contributed by atoms with Crippen molar-refractivity contribution in [2.24, 2.45) is 0 Å². The Bertz CT molecular complexity index is 979. The highest BCUT2D eigenvalue weighted by molar-refractivity contribution is 5.98. The van der Waals surface area contributed by atoms with Crippen molar-refractivity contribution < 1.29 is 37.4 Å². The molecule has 0 saturated heterocycles. The van der Waals surface area contributed by atoms with Crippen LogP contribution in [-0.4, -0.2) is 43.3 Å². The highest BCUT2D eigenvalue weighted by atomic mass is 19.2. The molecule has 0 fully saturated rings. The van der Waals surface area contributed by atoms with Gasteiger partial charge < -0.3 is 20.1 Å². The Morgan fingerprint density at radius 3 is 2.28 bits per heavy atom. The van der Waals surface area contributed by atoms with Crippen molar-refractivity contribution in [3.63, 3.8) is 0 Å². The van der Waals surface area contributed by atoms with Gasteiger partial charge in [-0.05, 0) is 43.3 Å². The van der Waals surface area contributed by atoms with Crippen LogP contribution in [0.1, 0.15) is 30.1 Å². The number of ether oxygens (including phenoxy) is 2. The van der Waals surface area contributed by atoms with Crippen LogP contribution in [0.3, 0.4) is 0 Å². The zero-order valence-corrected chi connectivity index (χ0v) is 17.3. The highest BCUT2D eigenvalue weighted by Gasteiger charge is 2.13. The average molecular weight is 448 g/mol. The van der Waals surface area contributed by atoms with Gasteiger partial charge in [-0.15, -0.1) is 0 Å². The molecule has 2 amide bonds. The quantitative estimate of drug-likeness (QED) is 0.404.